The predicted octanol–water partition coefficient (Wildman–Crippen LogP) is 0.757. The average molecular weight is 320 g/mol. The Labute approximate surface area is 136 Å². The van der Waals surface area contributed by atoms with Crippen LogP contribution in [0.1, 0.15) is 25.7 Å². The highest BCUT2D eigenvalue weighted by Crippen LogP contribution is 2.37. The predicted molar refractivity (Wildman–Crippen MR) is 85.2 cm³/mol. The fourth-order valence-electron chi connectivity index (χ4n) is 3.45. The van der Waals surface area contributed by atoms with Crippen LogP contribution in [0.5, 0.6) is 0 Å². The minimum absolute atomic E-state index is 0.0706. The number of nitrogens with one attached hydrogen (secondary N) is 1. The molecular weight excluding hydrogens is 296 g/mol. The number of nitrogens with zero attached hydrogens (tertiary/aromatic N) is 3. The highest BCUT2D eigenvalue weighted by molar-refractivity contribution is 5.77. The third kappa shape index (κ3) is 3.97. The zero-order valence-corrected chi connectivity index (χ0v) is 13.5. The van der Waals surface area contributed by atoms with Crippen LogP contribution in [0.15, 0.2) is 18.5 Å². The monoisotopic (exact) mass is 320 g/mol. The van der Waals surface area contributed by atoms with Gasteiger partial charge in [0.15, 0.2) is 0 Å². The lowest BCUT2D eigenvalue weighted by Crippen LogP contribution is -2.47. The van der Waals surface area contributed by atoms with Crippen molar-refractivity contribution >= 4 is 11.9 Å². The lowest BCUT2D eigenvalue weighted by Gasteiger charge is -2.38. The van der Waals surface area contributed by atoms with Gasteiger partial charge in [-0.2, -0.15) is 0 Å². The SMILES string of the molecule is COCC(=O)NC[C@H]1CCC[C@]2(CCN(c3ncccn3)C2)O1. The number of anilines is 1. The van der Waals surface area contributed by atoms with E-state index in [0.717, 1.165) is 44.7 Å². The Morgan fingerprint density at radius 2 is 2.30 bits per heavy atom. The molecule has 2 saturated heterocycles. The van der Waals surface area contributed by atoms with E-state index in [1.165, 1.54) is 7.11 Å². The van der Waals surface area contributed by atoms with E-state index in [1.807, 2.05) is 6.07 Å². The number of hydrogen-bond acceptors (Lipinski definition) is 6. The lowest BCUT2D eigenvalue weighted by atomic mass is 9.90. The highest BCUT2D eigenvalue weighted by atomic mass is 16.5. The van der Waals surface area contributed by atoms with Gasteiger partial charge in [-0.05, 0) is 31.7 Å². The molecule has 7 nitrogen and oxygen atoms in total. The summed E-state index contributed by atoms with van der Waals surface area (Å²) in [5, 5.41) is 2.88. The van der Waals surface area contributed by atoms with E-state index < -0.39 is 0 Å². The first kappa shape index (κ1) is 16.1. The van der Waals surface area contributed by atoms with Crippen molar-refractivity contribution in [3.05, 3.63) is 18.5 Å². The number of hydrogen-bond donors (Lipinski definition) is 1. The molecule has 0 unspecified atom stereocenters. The topological polar surface area (TPSA) is 76.6 Å². The zero-order valence-electron chi connectivity index (χ0n) is 13.5. The second kappa shape index (κ2) is 7.23. The zero-order chi connectivity index (χ0) is 16.1. The molecule has 3 rings (SSSR count). The smallest absolute Gasteiger partial charge is 0.246 e. The molecule has 0 bridgehead atoms. The van der Waals surface area contributed by atoms with Gasteiger partial charge in [-0.3, -0.25) is 4.79 Å². The summed E-state index contributed by atoms with van der Waals surface area (Å²) in [4.78, 5) is 22.4. The van der Waals surface area contributed by atoms with E-state index in [9.17, 15) is 4.79 Å². The minimum Gasteiger partial charge on any atom is -0.375 e. The molecule has 0 radical (unpaired) electrons. The van der Waals surface area contributed by atoms with Gasteiger partial charge in [-0.25, -0.2) is 9.97 Å². The van der Waals surface area contributed by atoms with E-state index in [0.29, 0.717) is 6.54 Å². The summed E-state index contributed by atoms with van der Waals surface area (Å²) in [7, 11) is 1.52. The van der Waals surface area contributed by atoms with E-state index >= 15 is 0 Å². The van der Waals surface area contributed by atoms with Gasteiger partial charge in [0.1, 0.15) is 6.61 Å². The summed E-state index contributed by atoms with van der Waals surface area (Å²) in [5.74, 6) is 0.671. The van der Waals surface area contributed by atoms with Crippen LogP contribution in [0.2, 0.25) is 0 Å². The van der Waals surface area contributed by atoms with Gasteiger partial charge in [-0.15, -0.1) is 0 Å². The average Bonchev–Trinajstić information content (AvgIpc) is 2.98. The largest absolute Gasteiger partial charge is 0.375 e. The molecular formula is C16H24N4O3. The van der Waals surface area contributed by atoms with Crippen LogP contribution in [-0.2, 0) is 14.3 Å². The molecule has 2 aliphatic rings. The van der Waals surface area contributed by atoms with Crippen LogP contribution in [-0.4, -0.2) is 60.9 Å². The van der Waals surface area contributed by atoms with Gasteiger partial charge < -0.3 is 19.7 Å². The van der Waals surface area contributed by atoms with Gasteiger partial charge in [0.05, 0.1) is 11.7 Å². The quantitative estimate of drug-likeness (QED) is 0.863. The van der Waals surface area contributed by atoms with Crippen molar-refractivity contribution in [2.75, 3.05) is 38.3 Å². The third-order valence-corrected chi connectivity index (χ3v) is 4.53. The second-order valence-electron chi connectivity index (χ2n) is 6.27. The first-order chi connectivity index (χ1) is 11.2. The molecule has 0 aliphatic carbocycles. The maximum absolute atomic E-state index is 11.5. The Morgan fingerprint density at radius 1 is 1.48 bits per heavy atom. The summed E-state index contributed by atoms with van der Waals surface area (Å²) in [6.07, 6.45) is 7.74. The number of rotatable bonds is 5. The van der Waals surface area contributed by atoms with E-state index in [2.05, 4.69) is 20.2 Å². The summed E-state index contributed by atoms with van der Waals surface area (Å²) >= 11 is 0. The van der Waals surface area contributed by atoms with Crippen molar-refractivity contribution in [3.8, 4) is 0 Å². The number of carbonyl (C=O) groups is 1. The van der Waals surface area contributed by atoms with Crippen molar-refractivity contribution in [1.82, 2.24) is 15.3 Å². The number of carbonyl (C=O) groups excluding carboxylic acids is 1. The molecule has 1 N–H and O–H groups in total. The van der Waals surface area contributed by atoms with Gasteiger partial charge in [-0.1, -0.05) is 0 Å². The van der Waals surface area contributed by atoms with Gasteiger partial charge in [0.25, 0.3) is 0 Å². The van der Waals surface area contributed by atoms with Crippen molar-refractivity contribution in [1.29, 1.82) is 0 Å². The van der Waals surface area contributed by atoms with Crippen LogP contribution in [0.3, 0.4) is 0 Å². The van der Waals surface area contributed by atoms with Crippen LogP contribution < -0.4 is 10.2 Å². The van der Waals surface area contributed by atoms with Crippen molar-refractivity contribution < 1.29 is 14.3 Å². The normalized spacial score (nSPS) is 27.3. The molecule has 1 spiro atoms. The fraction of sp³-hybridized carbons (Fsp3) is 0.688. The minimum atomic E-state index is -0.131. The first-order valence-corrected chi connectivity index (χ1v) is 8.16. The molecule has 0 aromatic carbocycles. The molecule has 1 amide bonds. The number of methoxy groups -OCH3 is 1. The van der Waals surface area contributed by atoms with Gasteiger partial charge in [0, 0.05) is 39.1 Å². The summed E-state index contributed by atoms with van der Waals surface area (Å²) in [6, 6.07) is 1.82. The molecule has 23 heavy (non-hydrogen) atoms. The van der Waals surface area contributed by atoms with Crippen LogP contribution >= 0.6 is 0 Å². The van der Waals surface area contributed by atoms with Crippen molar-refractivity contribution in [2.24, 2.45) is 0 Å². The van der Waals surface area contributed by atoms with Crippen LogP contribution in [0.25, 0.3) is 0 Å². The maximum Gasteiger partial charge on any atom is 0.246 e. The van der Waals surface area contributed by atoms with Crippen molar-refractivity contribution in [2.45, 2.75) is 37.4 Å². The maximum atomic E-state index is 11.5. The Bertz CT molecular complexity index is 527. The van der Waals surface area contributed by atoms with Crippen LogP contribution in [0, 0.1) is 0 Å². The summed E-state index contributed by atoms with van der Waals surface area (Å²) in [6.45, 7) is 2.37. The first-order valence-electron chi connectivity index (χ1n) is 8.16. The molecule has 7 heteroatoms. The summed E-state index contributed by atoms with van der Waals surface area (Å²) in [5.41, 5.74) is -0.131. The molecule has 126 valence electrons. The summed E-state index contributed by atoms with van der Waals surface area (Å²) < 4.78 is 11.2. The molecule has 2 fully saturated rings. The fourth-order valence-corrected chi connectivity index (χ4v) is 3.45. The van der Waals surface area contributed by atoms with E-state index in [-0.39, 0.29) is 24.2 Å². The number of aromatic nitrogens is 2. The second-order valence-corrected chi connectivity index (χ2v) is 6.27. The molecule has 2 atom stereocenters. The Hall–Kier alpha value is -1.73. The molecule has 0 saturated carbocycles. The molecule has 3 heterocycles. The molecule has 2 aliphatic heterocycles. The van der Waals surface area contributed by atoms with E-state index in [1.54, 1.807) is 12.4 Å². The standard InChI is InChI=1S/C16H24N4O3/c1-22-11-14(21)19-10-13-4-2-5-16(23-13)6-9-20(12-16)15-17-7-3-8-18-15/h3,7-8,13H,2,4-6,9-12H2,1H3,(H,19,21)/t13-,16-/m1/s1. The lowest BCUT2D eigenvalue weighted by molar-refractivity contribution is -0.131. The van der Waals surface area contributed by atoms with Crippen molar-refractivity contribution in [3.63, 3.8) is 0 Å². The van der Waals surface area contributed by atoms with Crippen LogP contribution in [0.4, 0.5) is 5.95 Å². The Balaban J connectivity index is 1.55. The highest BCUT2D eigenvalue weighted by Gasteiger charge is 2.43. The third-order valence-electron chi connectivity index (χ3n) is 4.53. The van der Waals surface area contributed by atoms with E-state index in [4.69, 9.17) is 9.47 Å². The molecule has 1 aromatic rings. The Kier molecular flexibility index (Phi) is 5.07. The van der Waals surface area contributed by atoms with Gasteiger partial charge in [0.2, 0.25) is 11.9 Å². The number of ether oxygens (including phenoxy) is 2. The Morgan fingerprint density at radius 3 is 3.09 bits per heavy atom. The number of amides is 1. The van der Waals surface area contributed by atoms with Gasteiger partial charge >= 0.3 is 0 Å². The molecule has 1 aromatic heterocycles.